The van der Waals surface area contributed by atoms with Gasteiger partial charge in [-0.15, -0.1) is 11.3 Å². The first kappa shape index (κ1) is 35.1. The quantitative estimate of drug-likeness (QED) is 0.200. The number of alkyl halides is 1. The molecule has 1 spiro atoms. The predicted octanol–water partition coefficient (Wildman–Crippen LogP) is 6.72. The summed E-state index contributed by atoms with van der Waals surface area (Å²) in [5.74, 6) is -0.999. The number of amides is 1. The van der Waals surface area contributed by atoms with Gasteiger partial charge in [0.1, 0.15) is 46.7 Å². The summed E-state index contributed by atoms with van der Waals surface area (Å²) in [4.78, 5) is 28.9. The first-order valence-corrected chi connectivity index (χ1v) is 19.3. The van der Waals surface area contributed by atoms with E-state index in [0.717, 1.165) is 50.0 Å². The first-order chi connectivity index (χ1) is 26.0. The average Bonchev–Trinajstić information content (AvgIpc) is 3.85. The molecular formula is C38H37ClF3N9O2S. The van der Waals surface area contributed by atoms with Crippen LogP contribution in [0.25, 0.3) is 32.1 Å². The minimum atomic E-state index is -0.957. The van der Waals surface area contributed by atoms with Crippen molar-refractivity contribution >= 4 is 60.7 Å². The van der Waals surface area contributed by atoms with Crippen LogP contribution in [-0.2, 0) is 7.05 Å². The summed E-state index contributed by atoms with van der Waals surface area (Å²) in [6.07, 6.45) is 5.37. The third kappa shape index (κ3) is 5.55. The molecule has 1 amide bonds. The number of nitrogen functional groups attached to an aromatic ring is 1. The molecule has 280 valence electrons. The molecule has 0 unspecified atom stereocenters. The fourth-order valence-corrected chi connectivity index (χ4v) is 10.6. The van der Waals surface area contributed by atoms with Crippen LogP contribution in [0.5, 0.6) is 6.01 Å². The van der Waals surface area contributed by atoms with Crippen LogP contribution in [0.3, 0.4) is 0 Å². The largest absolute Gasteiger partial charge is 0.461 e. The van der Waals surface area contributed by atoms with Gasteiger partial charge in [0, 0.05) is 74.1 Å². The van der Waals surface area contributed by atoms with Crippen LogP contribution in [-0.4, -0.2) is 93.0 Å². The van der Waals surface area contributed by atoms with Gasteiger partial charge in [0.05, 0.1) is 20.8 Å². The second-order valence-electron chi connectivity index (χ2n) is 15.3. The van der Waals surface area contributed by atoms with Gasteiger partial charge in [0.25, 0.3) is 5.91 Å². The minimum Gasteiger partial charge on any atom is -0.461 e. The van der Waals surface area contributed by atoms with E-state index in [0.29, 0.717) is 56.0 Å². The van der Waals surface area contributed by atoms with E-state index in [1.54, 1.807) is 30.1 Å². The number of nitriles is 1. The number of rotatable bonds is 6. The Kier molecular flexibility index (Phi) is 8.44. The molecular weight excluding hydrogens is 739 g/mol. The SMILES string of the molecule is Cn1nccc1C(=O)N1CC2(CCCCN(c3nc(OC[C@@]45CCCN4C[C@H](F)C5)nc4c(F)c(-c5ccc(F)c6sc(N)c(C#N)c56)c(Cl)cc34)C2)C1. The molecule has 4 fully saturated rings. The van der Waals surface area contributed by atoms with Crippen LogP contribution >= 0.6 is 22.9 Å². The second kappa shape index (κ2) is 13.0. The molecule has 4 saturated heterocycles. The summed E-state index contributed by atoms with van der Waals surface area (Å²) in [6.45, 7) is 3.54. The van der Waals surface area contributed by atoms with Gasteiger partial charge < -0.3 is 20.3 Å². The number of nitrogens with two attached hydrogens (primary N) is 1. The molecule has 0 aliphatic carbocycles. The summed E-state index contributed by atoms with van der Waals surface area (Å²) in [7, 11) is 1.75. The maximum atomic E-state index is 17.3. The number of anilines is 2. The van der Waals surface area contributed by atoms with Crippen LogP contribution in [0.2, 0.25) is 5.02 Å². The van der Waals surface area contributed by atoms with Crippen molar-refractivity contribution in [2.45, 2.75) is 50.2 Å². The van der Waals surface area contributed by atoms with Crippen LogP contribution < -0.4 is 15.4 Å². The fourth-order valence-electron chi connectivity index (χ4n) is 9.33. The Labute approximate surface area is 318 Å². The number of benzene rings is 2. The van der Waals surface area contributed by atoms with Gasteiger partial charge in [-0.25, -0.2) is 13.2 Å². The van der Waals surface area contributed by atoms with Gasteiger partial charge in [-0.05, 0) is 56.0 Å². The van der Waals surface area contributed by atoms with Crippen LogP contribution in [0.15, 0.2) is 30.5 Å². The lowest BCUT2D eigenvalue weighted by Gasteiger charge is -2.51. The highest BCUT2D eigenvalue weighted by Crippen LogP contribution is 2.47. The number of carbonyl (C=O) groups excluding carboxylic acids is 1. The predicted molar refractivity (Wildman–Crippen MR) is 201 cm³/mol. The molecule has 9 rings (SSSR count). The van der Waals surface area contributed by atoms with Crippen molar-refractivity contribution in [3.8, 4) is 23.2 Å². The normalized spacial score (nSPS) is 22.5. The standard InChI is InChI=1S/C38H37ClF3N9O2S/c1-48-27(7-10-45-48)35(52)50-18-37(19-50)8-2-3-11-49(17-37)34-23-13-25(39)29(22-5-6-26(41)32-28(22)24(15-43)33(44)54-32)30(42)31(23)46-36(47-34)53-20-38-9-4-12-51(38)16-21(40)14-38/h5-7,10,13,21H,2-4,8-9,11-12,14,16-20,44H2,1H3/t21-,38+/m1/s1. The molecule has 0 bridgehead atoms. The molecule has 11 nitrogen and oxygen atoms in total. The van der Waals surface area contributed by atoms with Gasteiger partial charge in [0.2, 0.25) is 0 Å². The molecule has 0 radical (unpaired) electrons. The second-order valence-corrected chi connectivity index (χ2v) is 16.7. The molecule has 16 heteroatoms. The van der Waals surface area contributed by atoms with Crippen LogP contribution in [0, 0.1) is 28.4 Å². The van der Waals surface area contributed by atoms with Crippen molar-refractivity contribution in [2.75, 3.05) is 56.5 Å². The molecule has 54 heavy (non-hydrogen) atoms. The van der Waals surface area contributed by atoms with E-state index in [-0.39, 0.29) is 66.3 Å². The van der Waals surface area contributed by atoms with E-state index in [2.05, 4.69) is 19.9 Å². The number of likely N-dealkylation sites (tertiary alicyclic amines) is 1. The van der Waals surface area contributed by atoms with Crippen LogP contribution in [0.1, 0.15) is 54.6 Å². The van der Waals surface area contributed by atoms with E-state index in [9.17, 15) is 14.4 Å². The van der Waals surface area contributed by atoms with E-state index >= 15 is 8.78 Å². The monoisotopic (exact) mass is 775 g/mol. The number of fused-ring (bicyclic) bond motifs is 3. The van der Waals surface area contributed by atoms with Gasteiger partial charge in [-0.2, -0.15) is 20.3 Å². The van der Waals surface area contributed by atoms with E-state index in [4.69, 9.17) is 27.1 Å². The van der Waals surface area contributed by atoms with Crippen molar-refractivity contribution in [1.29, 1.82) is 5.26 Å². The van der Waals surface area contributed by atoms with Gasteiger partial charge in [-0.3, -0.25) is 14.4 Å². The zero-order valence-corrected chi connectivity index (χ0v) is 31.1. The van der Waals surface area contributed by atoms with E-state index < -0.39 is 23.3 Å². The number of thiophene rings is 1. The number of hydrogen-bond acceptors (Lipinski definition) is 10. The Morgan fingerprint density at radius 2 is 1.98 bits per heavy atom. The topological polar surface area (TPSA) is 129 Å². The highest BCUT2D eigenvalue weighted by molar-refractivity contribution is 7.23. The molecule has 5 aromatic rings. The third-order valence-corrected chi connectivity index (χ3v) is 13.2. The molecule has 2 N–H and O–H groups in total. The highest BCUT2D eigenvalue weighted by Gasteiger charge is 2.50. The van der Waals surface area contributed by atoms with Gasteiger partial charge >= 0.3 is 6.01 Å². The van der Waals surface area contributed by atoms with Crippen LogP contribution in [0.4, 0.5) is 24.0 Å². The van der Waals surface area contributed by atoms with Crippen molar-refractivity contribution < 1.29 is 22.7 Å². The molecule has 4 aliphatic rings. The summed E-state index contributed by atoms with van der Waals surface area (Å²) in [5, 5.41) is 14.8. The number of carbonyl (C=O) groups is 1. The summed E-state index contributed by atoms with van der Waals surface area (Å²) in [6, 6.07) is 7.93. The fraction of sp³-hybridized carbons (Fsp3) is 0.447. The summed E-state index contributed by atoms with van der Waals surface area (Å²) in [5.41, 5.74) is 6.08. The zero-order chi connectivity index (χ0) is 37.5. The highest BCUT2D eigenvalue weighted by atomic mass is 35.5. The lowest BCUT2D eigenvalue weighted by Crippen LogP contribution is -2.62. The molecule has 4 aliphatic heterocycles. The maximum absolute atomic E-state index is 17.3. The van der Waals surface area contributed by atoms with Crippen molar-refractivity contribution in [1.82, 2.24) is 29.5 Å². The van der Waals surface area contributed by atoms with Gasteiger partial charge in [-0.1, -0.05) is 24.1 Å². The Hall–Kier alpha value is -4.65. The smallest absolute Gasteiger partial charge is 0.319 e. The van der Waals surface area contributed by atoms with Crippen molar-refractivity contribution in [3.05, 3.63) is 58.4 Å². The van der Waals surface area contributed by atoms with E-state index in [1.165, 1.54) is 12.1 Å². The number of aryl methyl sites for hydroxylation is 1. The Morgan fingerprint density at radius 3 is 2.76 bits per heavy atom. The van der Waals surface area contributed by atoms with Gasteiger partial charge in [0.15, 0.2) is 5.82 Å². The number of nitrogens with zero attached hydrogens (tertiary/aromatic N) is 8. The zero-order valence-electron chi connectivity index (χ0n) is 29.5. The van der Waals surface area contributed by atoms with Crippen molar-refractivity contribution in [2.24, 2.45) is 12.5 Å². The lowest BCUT2D eigenvalue weighted by molar-refractivity contribution is 0.00555. The third-order valence-electron chi connectivity index (χ3n) is 11.9. The number of aromatic nitrogens is 4. The molecule has 0 saturated carbocycles. The number of hydrogen-bond donors (Lipinski definition) is 1. The van der Waals surface area contributed by atoms with Crippen molar-refractivity contribution in [3.63, 3.8) is 0 Å². The minimum absolute atomic E-state index is 0.0293. The summed E-state index contributed by atoms with van der Waals surface area (Å²) < 4.78 is 55.0. The number of ether oxygens (including phenoxy) is 1. The molecule has 2 atom stereocenters. The Morgan fingerprint density at radius 1 is 1.15 bits per heavy atom. The first-order valence-electron chi connectivity index (χ1n) is 18.1. The Balaban J connectivity index is 1.14. The number of halogens is 4. The molecule has 7 heterocycles. The Bertz CT molecular complexity index is 2390. The average molecular weight is 776 g/mol. The van der Waals surface area contributed by atoms with E-state index in [1.807, 2.05) is 11.0 Å². The molecule has 3 aromatic heterocycles. The maximum Gasteiger partial charge on any atom is 0.319 e. The lowest BCUT2D eigenvalue weighted by atomic mass is 9.75. The summed E-state index contributed by atoms with van der Waals surface area (Å²) >= 11 is 7.87. The molecule has 2 aromatic carbocycles.